The SMILES string of the molecule is COC[C@H]1CN(C(O)C2CCOCC2)Cc2ccc(C(=O)OC)cc2O1. The molecule has 2 aliphatic rings. The number of carbonyl (C=O) groups is 1. The molecule has 0 saturated carbocycles. The van der Waals surface area contributed by atoms with Crippen LogP contribution in [0.2, 0.25) is 0 Å². The van der Waals surface area contributed by atoms with Gasteiger partial charge in [0.25, 0.3) is 0 Å². The summed E-state index contributed by atoms with van der Waals surface area (Å²) in [4.78, 5) is 13.8. The molecule has 2 atom stereocenters. The predicted molar refractivity (Wildman–Crippen MR) is 94.0 cm³/mol. The average molecular weight is 365 g/mol. The second-order valence-electron chi connectivity index (χ2n) is 6.80. The Morgan fingerprint density at radius 3 is 2.81 bits per heavy atom. The molecule has 2 aliphatic heterocycles. The molecule has 1 aromatic rings. The largest absolute Gasteiger partial charge is 0.486 e. The van der Waals surface area contributed by atoms with Gasteiger partial charge in [0.05, 0.1) is 19.3 Å². The molecule has 0 aromatic heterocycles. The van der Waals surface area contributed by atoms with Gasteiger partial charge in [-0.05, 0) is 25.0 Å². The summed E-state index contributed by atoms with van der Waals surface area (Å²) in [6, 6.07) is 5.29. The second kappa shape index (κ2) is 8.81. The number of aliphatic hydroxyl groups is 1. The van der Waals surface area contributed by atoms with E-state index in [9.17, 15) is 9.90 Å². The van der Waals surface area contributed by atoms with Crippen molar-refractivity contribution in [1.82, 2.24) is 4.90 Å². The summed E-state index contributed by atoms with van der Waals surface area (Å²) in [7, 11) is 2.98. The van der Waals surface area contributed by atoms with E-state index < -0.39 is 12.2 Å². The zero-order valence-electron chi connectivity index (χ0n) is 15.3. The van der Waals surface area contributed by atoms with Gasteiger partial charge >= 0.3 is 5.97 Å². The lowest BCUT2D eigenvalue weighted by molar-refractivity contribution is -0.0885. The number of fused-ring (bicyclic) bond motifs is 1. The number of methoxy groups -OCH3 is 2. The summed E-state index contributed by atoms with van der Waals surface area (Å²) < 4.78 is 21.6. The molecular weight excluding hydrogens is 338 g/mol. The summed E-state index contributed by atoms with van der Waals surface area (Å²) in [5.41, 5.74) is 1.38. The van der Waals surface area contributed by atoms with Gasteiger partial charge in [-0.3, -0.25) is 4.90 Å². The zero-order valence-corrected chi connectivity index (χ0v) is 15.3. The number of carbonyl (C=O) groups excluding carboxylic acids is 1. The van der Waals surface area contributed by atoms with Crippen molar-refractivity contribution in [3.05, 3.63) is 29.3 Å². The van der Waals surface area contributed by atoms with Crippen molar-refractivity contribution in [2.45, 2.75) is 31.7 Å². The van der Waals surface area contributed by atoms with Crippen LogP contribution in [-0.2, 0) is 20.8 Å². The minimum atomic E-state index is -0.562. The predicted octanol–water partition coefficient (Wildman–Crippen LogP) is 1.43. The van der Waals surface area contributed by atoms with E-state index in [1.807, 2.05) is 11.0 Å². The van der Waals surface area contributed by atoms with Crippen molar-refractivity contribution in [2.75, 3.05) is 40.6 Å². The van der Waals surface area contributed by atoms with E-state index in [-0.39, 0.29) is 12.0 Å². The third-order valence-electron chi connectivity index (χ3n) is 5.01. The van der Waals surface area contributed by atoms with Crippen molar-refractivity contribution < 1.29 is 28.8 Å². The van der Waals surface area contributed by atoms with Gasteiger partial charge < -0.3 is 24.1 Å². The van der Waals surface area contributed by atoms with Gasteiger partial charge in [0.1, 0.15) is 18.1 Å². The molecule has 1 fully saturated rings. The molecule has 0 spiro atoms. The highest BCUT2D eigenvalue weighted by atomic mass is 16.5. The van der Waals surface area contributed by atoms with Crippen molar-refractivity contribution in [2.24, 2.45) is 5.92 Å². The fourth-order valence-electron chi connectivity index (χ4n) is 3.59. The van der Waals surface area contributed by atoms with Crippen LogP contribution >= 0.6 is 0 Å². The Hall–Kier alpha value is -1.67. The monoisotopic (exact) mass is 365 g/mol. The van der Waals surface area contributed by atoms with Crippen LogP contribution in [0.3, 0.4) is 0 Å². The van der Waals surface area contributed by atoms with E-state index in [2.05, 4.69) is 0 Å². The molecule has 1 unspecified atom stereocenters. The fraction of sp³-hybridized carbons (Fsp3) is 0.632. The molecule has 7 nitrogen and oxygen atoms in total. The molecule has 1 saturated heterocycles. The standard InChI is InChI=1S/C19H27NO6/c1-23-12-16-11-20(18(21)13-5-7-25-8-6-13)10-15-4-3-14(19(22)24-2)9-17(15)26-16/h3-4,9,13,16,18,21H,5-8,10-12H2,1-2H3/t16-,18?/m1/s1. The number of hydrogen-bond donors (Lipinski definition) is 1. The fourth-order valence-corrected chi connectivity index (χ4v) is 3.59. The highest BCUT2D eigenvalue weighted by molar-refractivity contribution is 5.89. The van der Waals surface area contributed by atoms with Gasteiger partial charge in [-0.15, -0.1) is 0 Å². The maximum absolute atomic E-state index is 11.8. The van der Waals surface area contributed by atoms with Gasteiger partial charge in [0.2, 0.25) is 0 Å². The quantitative estimate of drug-likeness (QED) is 0.791. The maximum Gasteiger partial charge on any atom is 0.337 e. The summed E-state index contributed by atoms with van der Waals surface area (Å²) in [6.45, 7) is 2.88. The smallest absolute Gasteiger partial charge is 0.337 e. The van der Waals surface area contributed by atoms with Gasteiger partial charge in [-0.25, -0.2) is 4.79 Å². The van der Waals surface area contributed by atoms with Gasteiger partial charge in [0.15, 0.2) is 0 Å². The van der Waals surface area contributed by atoms with Crippen LogP contribution in [0.5, 0.6) is 5.75 Å². The van der Waals surface area contributed by atoms with Crippen LogP contribution in [0, 0.1) is 5.92 Å². The molecule has 0 aliphatic carbocycles. The van der Waals surface area contributed by atoms with Crippen molar-refractivity contribution in [1.29, 1.82) is 0 Å². The van der Waals surface area contributed by atoms with Crippen molar-refractivity contribution in [3.63, 3.8) is 0 Å². The molecule has 26 heavy (non-hydrogen) atoms. The molecule has 0 amide bonds. The summed E-state index contributed by atoms with van der Waals surface area (Å²) >= 11 is 0. The van der Waals surface area contributed by atoms with E-state index in [0.717, 1.165) is 18.4 Å². The van der Waals surface area contributed by atoms with Crippen molar-refractivity contribution >= 4 is 5.97 Å². The minimum Gasteiger partial charge on any atom is -0.486 e. The Balaban J connectivity index is 1.83. The van der Waals surface area contributed by atoms with E-state index >= 15 is 0 Å². The molecule has 0 bridgehead atoms. The molecular formula is C19H27NO6. The Morgan fingerprint density at radius 1 is 1.35 bits per heavy atom. The maximum atomic E-state index is 11.8. The van der Waals surface area contributed by atoms with E-state index in [1.54, 1.807) is 19.2 Å². The lowest BCUT2D eigenvalue weighted by Gasteiger charge is -2.35. The van der Waals surface area contributed by atoms with E-state index in [0.29, 0.717) is 44.2 Å². The van der Waals surface area contributed by atoms with Crippen LogP contribution in [0.15, 0.2) is 18.2 Å². The van der Waals surface area contributed by atoms with E-state index in [1.165, 1.54) is 7.11 Å². The first-order chi connectivity index (χ1) is 12.6. The number of rotatable bonds is 5. The molecule has 1 aromatic carbocycles. The Labute approximate surface area is 153 Å². The van der Waals surface area contributed by atoms with Gasteiger partial charge in [0, 0.05) is 44.9 Å². The number of hydrogen-bond acceptors (Lipinski definition) is 7. The van der Waals surface area contributed by atoms with Gasteiger partial charge in [-0.1, -0.05) is 6.07 Å². The highest BCUT2D eigenvalue weighted by Crippen LogP contribution is 2.30. The molecule has 0 radical (unpaired) electrons. The molecule has 2 heterocycles. The first-order valence-electron chi connectivity index (χ1n) is 8.99. The summed E-state index contributed by atoms with van der Waals surface area (Å²) in [5.74, 6) is 0.419. The summed E-state index contributed by atoms with van der Waals surface area (Å²) in [6.07, 6.45) is 0.903. The number of aliphatic hydroxyl groups excluding tert-OH is 1. The molecule has 7 heteroatoms. The number of benzene rings is 1. The van der Waals surface area contributed by atoms with Gasteiger partial charge in [-0.2, -0.15) is 0 Å². The average Bonchev–Trinajstić information content (AvgIpc) is 2.86. The van der Waals surface area contributed by atoms with Crippen LogP contribution < -0.4 is 4.74 Å². The normalized spacial score (nSPS) is 22.8. The highest BCUT2D eigenvalue weighted by Gasteiger charge is 2.32. The zero-order chi connectivity index (χ0) is 18.5. The number of esters is 1. The number of ether oxygens (including phenoxy) is 4. The minimum absolute atomic E-state index is 0.183. The first kappa shape index (κ1) is 19.1. The third-order valence-corrected chi connectivity index (χ3v) is 5.01. The first-order valence-corrected chi connectivity index (χ1v) is 8.99. The Bertz CT molecular complexity index is 616. The van der Waals surface area contributed by atoms with Crippen LogP contribution in [0.1, 0.15) is 28.8 Å². The third kappa shape index (κ3) is 4.35. The summed E-state index contributed by atoms with van der Waals surface area (Å²) in [5, 5.41) is 10.9. The Morgan fingerprint density at radius 2 is 2.12 bits per heavy atom. The molecule has 144 valence electrons. The van der Waals surface area contributed by atoms with Crippen LogP contribution in [0.25, 0.3) is 0 Å². The topological polar surface area (TPSA) is 77.5 Å². The molecule has 3 rings (SSSR count). The Kier molecular flexibility index (Phi) is 6.48. The van der Waals surface area contributed by atoms with Crippen LogP contribution in [0.4, 0.5) is 0 Å². The number of nitrogens with zero attached hydrogens (tertiary/aromatic N) is 1. The van der Waals surface area contributed by atoms with Crippen LogP contribution in [-0.4, -0.2) is 68.9 Å². The van der Waals surface area contributed by atoms with E-state index in [4.69, 9.17) is 18.9 Å². The molecule has 1 N–H and O–H groups in total. The second-order valence-corrected chi connectivity index (χ2v) is 6.80. The van der Waals surface area contributed by atoms with Crippen molar-refractivity contribution in [3.8, 4) is 5.75 Å². The lowest BCUT2D eigenvalue weighted by atomic mass is 9.97. The lowest BCUT2D eigenvalue weighted by Crippen LogP contribution is -2.46.